The molecule has 2 aromatic heterocycles. The molecule has 0 saturated carbocycles. The molecule has 0 aliphatic carbocycles. The number of H-pyrrole nitrogens is 1. The van der Waals surface area contributed by atoms with Crippen LogP contribution >= 0.6 is 0 Å². The molecule has 0 bridgehead atoms. The number of carbonyl (C=O) groups excluding carboxylic acids is 1. The first-order valence-electron chi connectivity index (χ1n) is 18.5. The number of nitrogens with zero attached hydrogens (tertiary/aromatic N) is 5. The van der Waals surface area contributed by atoms with Gasteiger partial charge in [0.2, 0.25) is 17.6 Å². The number of ether oxygens (including phenoxy) is 3. The van der Waals surface area contributed by atoms with Crippen molar-refractivity contribution in [2.24, 2.45) is 5.41 Å². The number of pyridine rings is 1. The number of aromatic nitrogens is 3. The van der Waals surface area contributed by atoms with Crippen molar-refractivity contribution in [2.45, 2.75) is 57.7 Å². The summed E-state index contributed by atoms with van der Waals surface area (Å²) in [6, 6.07) is 25.0. The molecule has 4 heterocycles. The van der Waals surface area contributed by atoms with Crippen LogP contribution in [0.4, 0.5) is 10.3 Å². The Bertz CT molecular complexity index is 1920. The molecular weight excluding hydrogens is 671 g/mol. The van der Waals surface area contributed by atoms with Gasteiger partial charge in [0.25, 0.3) is 0 Å². The number of benzene rings is 3. The van der Waals surface area contributed by atoms with Crippen molar-refractivity contribution in [1.82, 2.24) is 24.8 Å². The van der Waals surface area contributed by atoms with E-state index in [9.17, 15) is 9.18 Å². The number of piperidine rings is 1. The first-order chi connectivity index (χ1) is 25.9. The lowest BCUT2D eigenvalue weighted by molar-refractivity contribution is -0.137. The number of nitrogens with one attached hydrogen (secondary N) is 1. The van der Waals surface area contributed by atoms with E-state index in [0.717, 1.165) is 85.5 Å². The maximum Gasteiger partial charge on any atom is 0.229 e. The van der Waals surface area contributed by atoms with Crippen LogP contribution in [0.5, 0.6) is 17.2 Å². The highest BCUT2D eigenvalue weighted by Crippen LogP contribution is 2.43. The van der Waals surface area contributed by atoms with E-state index in [1.54, 1.807) is 21.3 Å². The Morgan fingerprint density at radius 3 is 2.32 bits per heavy atom. The Hall–Kier alpha value is -5.16. The molecule has 3 aromatic carbocycles. The number of imidazole rings is 1. The van der Waals surface area contributed by atoms with Crippen LogP contribution in [0, 0.1) is 11.2 Å². The zero-order chi connectivity index (χ0) is 36.8. The molecular formula is C42H49FN6O4. The van der Waals surface area contributed by atoms with Crippen molar-refractivity contribution < 1.29 is 23.4 Å². The zero-order valence-corrected chi connectivity index (χ0v) is 30.9. The number of anilines is 1. The second-order valence-electron chi connectivity index (χ2n) is 14.3. The minimum Gasteiger partial charge on any atom is -0.493 e. The molecule has 5 aromatic rings. The van der Waals surface area contributed by atoms with Gasteiger partial charge in [-0.2, -0.15) is 0 Å². The molecule has 2 saturated heterocycles. The summed E-state index contributed by atoms with van der Waals surface area (Å²) in [5.41, 5.74) is 4.34. The number of amides is 1. The van der Waals surface area contributed by atoms with E-state index in [-0.39, 0.29) is 11.7 Å². The van der Waals surface area contributed by atoms with Gasteiger partial charge in [-0.25, -0.2) is 9.37 Å². The Labute approximate surface area is 310 Å². The van der Waals surface area contributed by atoms with Crippen LogP contribution in [-0.2, 0) is 24.3 Å². The van der Waals surface area contributed by atoms with Gasteiger partial charge in [0.05, 0.1) is 50.0 Å². The summed E-state index contributed by atoms with van der Waals surface area (Å²) < 4.78 is 30.5. The molecule has 2 fully saturated rings. The van der Waals surface area contributed by atoms with Crippen molar-refractivity contribution in [3.05, 3.63) is 108 Å². The number of halogens is 1. The molecule has 278 valence electrons. The minimum absolute atomic E-state index is 0.144. The summed E-state index contributed by atoms with van der Waals surface area (Å²) >= 11 is 0. The highest BCUT2D eigenvalue weighted by molar-refractivity contribution is 5.85. The average molecular weight is 721 g/mol. The van der Waals surface area contributed by atoms with Gasteiger partial charge in [-0.1, -0.05) is 30.3 Å². The van der Waals surface area contributed by atoms with Crippen LogP contribution in [0.25, 0.3) is 11.0 Å². The Morgan fingerprint density at radius 2 is 1.64 bits per heavy atom. The molecule has 1 amide bonds. The third kappa shape index (κ3) is 8.10. The highest BCUT2D eigenvalue weighted by Gasteiger charge is 2.46. The molecule has 0 spiro atoms. The normalized spacial score (nSPS) is 18.1. The fourth-order valence-electron chi connectivity index (χ4n) is 8.18. The van der Waals surface area contributed by atoms with Crippen molar-refractivity contribution in [3.63, 3.8) is 0 Å². The molecule has 2 aliphatic heterocycles. The maximum absolute atomic E-state index is 14.4. The van der Waals surface area contributed by atoms with Crippen LogP contribution in [-0.4, -0.2) is 84.2 Å². The summed E-state index contributed by atoms with van der Waals surface area (Å²) in [7, 11) is 4.77. The summed E-state index contributed by atoms with van der Waals surface area (Å²) in [5.74, 6) is 2.40. The summed E-state index contributed by atoms with van der Waals surface area (Å²) in [6.07, 6.45) is 6.85. The molecule has 11 heteroatoms. The van der Waals surface area contributed by atoms with Crippen molar-refractivity contribution in [2.75, 3.05) is 52.4 Å². The van der Waals surface area contributed by atoms with Crippen LogP contribution in [0.1, 0.15) is 48.9 Å². The lowest BCUT2D eigenvalue weighted by Gasteiger charge is -2.39. The molecule has 10 nitrogen and oxygen atoms in total. The van der Waals surface area contributed by atoms with E-state index < -0.39 is 5.41 Å². The van der Waals surface area contributed by atoms with Crippen molar-refractivity contribution in [1.29, 1.82) is 0 Å². The molecule has 53 heavy (non-hydrogen) atoms. The monoisotopic (exact) mass is 720 g/mol. The van der Waals surface area contributed by atoms with Gasteiger partial charge in [-0.05, 0) is 105 Å². The zero-order valence-electron chi connectivity index (χ0n) is 30.9. The van der Waals surface area contributed by atoms with Gasteiger partial charge < -0.3 is 33.9 Å². The fourth-order valence-corrected chi connectivity index (χ4v) is 8.18. The first-order valence-corrected chi connectivity index (χ1v) is 18.5. The molecule has 2 aliphatic rings. The highest BCUT2D eigenvalue weighted by atomic mass is 19.1. The number of hydrogen-bond acceptors (Lipinski definition) is 8. The van der Waals surface area contributed by atoms with E-state index in [1.807, 2.05) is 65.7 Å². The van der Waals surface area contributed by atoms with Crippen molar-refractivity contribution in [3.8, 4) is 17.2 Å². The Morgan fingerprint density at radius 1 is 0.906 bits per heavy atom. The number of rotatable bonds is 15. The molecule has 0 radical (unpaired) electrons. The smallest absolute Gasteiger partial charge is 0.229 e. The average Bonchev–Trinajstić information content (AvgIpc) is 3.75. The standard InChI is InChI=1S/C42H49FN6O4/c1-51-37-25-31(26-38(52-2)39(37)53-3)28-48-24-19-42(40(48)50,27-30-12-14-32(43)15-13-30)18-8-21-47-22-16-34(17-23-47)49(29-33-9-6-7-20-44-33)41-45-35-10-4-5-11-36(35)46-41/h4-7,9-15,20,25-26,34H,8,16-19,21-24,27-29H2,1-3H3,(H,45,46). The summed E-state index contributed by atoms with van der Waals surface area (Å²) in [6.45, 7) is 4.63. The maximum atomic E-state index is 14.4. The van der Waals surface area contributed by atoms with Gasteiger partial charge in [-0.15, -0.1) is 0 Å². The van der Waals surface area contributed by atoms with Gasteiger partial charge >= 0.3 is 0 Å². The minimum atomic E-state index is -0.558. The number of likely N-dealkylation sites (tertiary alicyclic amines) is 2. The number of carbonyl (C=O) groups is 1. The summed E-state index contributed by atoms with van der Waals surface area (Å²) in [5, 5.41) is 0. The summed E-state index contributed by atoms with van der Waals surface area (Å²) in [4.78, 5) is 34.4. The largest absolute Gasteiger partial charge is 0.493 e. The van der Waals surface area contributed by atoms with E-state index in [2.05, 4.69) is 31.9 Å². The second-order valence-corrected chi connectivity index (χ2v) is 14.3. The second kappa shape index (κ2) is 16.2. The topological polar surface area (TPSA) is 96.1 Å². The molecule has 1 atom stereocenters. The van der Waals surface area contributed by atoms with Gasteiger partial charge in [-0.3, -0.25) is 9.78 Å². The molecule has 1 N–H and O–H groups in total. The molecule has 7 rings (SSSR count). The van der Waals surface area contributed by atoms with Crippen molar-refractivity contribution >= 4 is 22.9 Å². The lowest BCUT2D eigenvalue weighted by Crippen LogP contribution is -2.45. The number of fused-ring (bicyclic) bond motifs is 1. The predicted molar refractivity (Wildman–Crippen MR) is 204 cm³/mol. The fraction of sp³-hybridized carbons (Fsp3) is 0.405. The third-order valence-electron chi connectivity index (χ3n) is 11.0. The third-order valence-corrected chi connectivity index (χ3v) is 11.0. The number of methoxy groups -OCH3 is 3. The Balaban J connectivity index is 1.02. The predicted octanol–water partition coefficient (Wildman–Crippen LogP) is 7.04. The number of aromatic amines is 1. The Kier molecular flexibility index (Phi) is 11.1. The quantitative estimate of drug-likeness (QED) is 0.123. The van der Waals surface area contributed by atoms with Gasteiger partial charge in [0.1, 0.15) is 5.82 Å². The van der Waals surface area contributed by atoms with Crippen LogP contribution in [0.2, 0.25) is 0 Å². The van der Waals surface area contributed by atoms with Gasteiger partial charge in [0, 0.05) is 38.4 Å². The number of hydrogen-bond donors (Lipinski definition) is 1. The first kappa shape index (κ1) is 36.2. The molecule has 1 unspecified atom stereocenters. The lowest BCUT2D eigenvalue weighted by atomic mass is 9.76. The van der Waals surface area contributed by atoms with Gasteiger partial charge in [0.15, 0.2) is 11.5 Å². The van der Waals surface area contributed by atoms with Crippen LogP contribution < -0.4 is 19.1 Å². The van der Waals surface area contributed by atoms with Crippen LogP contribution in [0.3, 0.4) is 0 Å². The number of para-hydroxylation sites is 2. The van der Waals surface area contributed by atoms with Crippen LogP contribution in [0.15, 0.2) is 85.1 Å². The van der Waals surface area contributed by atoms with E-state index >= 15 is 0 Å². The van der Waals surface area contributed by atoms with E-state index in [1.165, 1.54) is 12.1 Å². The van der Waals surface area contributed by atoms with E-state index in [0.29, 0.717) is 49.3 Å². The van der Waals surface area contributed by atoms with E-state index in [4.69, 9.17) is 19.2 Å². The SMILES string of the molecule is COc1cc(CN2CCC(CCCN3CCC(N(Cc4ccccn4)c4nc5ccccc5[nH]4)CC3)(Cc3ccc(F)cc3)C2=O)cc(OC)c1OC.